The molecule has 0 saturated carbocycles. The van der Waals surface area contributed by atoms with E-state index in [2.05, 4.69) is 10.9 Å². The molecule has 2 unspecified atom stereocenters. The first kappa shape index (κ1) is 21.1. The molecule has 2 atom stereocenters. The summed E-state index contributed by atoms with van der Waals surface area (Å²) in [6, 6.07) is 14.3. The first-order valence-corrected chi connectivity index (χ1v) is 9.11. The highest BCUT2D eigenvalue weighted by Crippen LogP contribution is 2.18. The molecule has 2 amide bonds. The maximum Gasteiger partial charge on any atom is 0.279 e. The van der Waals surface area contributed by atoms with Gasteiger partial charge in [-0.1, -0.05) is 12.1 Å². The summed E-state index contributed by atoms with van der Waals surface area (Å²) in [4.78, 5) is 24.2. The van der Waals surface area contributed by atoms with Gasteiger partial charge in [-0.2, -0.15) is 0 Å². The smallest absolute Gasteiger partial charge is 0.279 e. The van der Waals surface area contributed by atoms with Crippen molar-refractivity contribution in [1.29, 1.82) is 0 Å². The van der Waals surface area contributed by atoms with Crippen molar-refractivity contribution in [1.82, 2.24) is 10.9 Å². The third-order valence-corrected chi connectivity index (χ3v) is 3.80. The van der Waals surface area contributed by atoms with Gasteiger partial charge in [-0.05, 0) is 69.7 Å². The largest absolute Gasteiger partial charge is 0.494 e. The van der Waals surface area contributed by atoms with E-state index in [1.54, 1.807) is 44.2 Å². The Morgan fingerprint density at radius 3 is 1.93 bits per heavy atom. The highest BCUT2D eigenvalue weighted by Gasteiger charge is 2.19. The zero-order valence-electron chi connectivity index (χ0n) is 16.5. The number of ether oxygens (including phenoxy) is 3. The van der Waals surface area contributed by atoms with E-state index in [1.165, 1.54) is 0 Å². The van der Waals surface area contributed by atoms with Gasteiger partial charge in [0.2, 0.25) is 0 Å². The second kappa shape index (κ2) is 10.2. The van der Waals surface area contributed by atoms with Gasteiger partial charge in [0.25, 0.3) is 11.8 Å². The van der Waals surface area contributed by atoms with E-state index in [1.807, 2.05) is 32.0 Å². The molecule has 0 saturated heterocycles. The molecule has 28 heavy (non-hydrogen) atoms. The van der Waals surface area contributed by atoms with Gasteiger partial charge in [0.05, 0.1) is 6.61 Å². The lowest BCUT2D eigenvalue weighted by Gasteiger charge is -2.18. The number of carbonyl (C=O) groups is 2. The van der Waals surface area contributed by atoms with Crippen molar-refractivity contribution in [3.63, 3.8) is 0 Å². The molecule has 0 aromatic heterocycles. The Bertz CT molecular complexity index is 792. The van der Waals surface area contributed by atoms with E-state index >= 15 is 0 Å². The molecule has 0 radical (unpaired) electrons. The van der Waals surface area contributed by atoms with Crippen molar-refractivity contribution in [2.45, 2.75) is 39.9 Å². The lowest BCUT2D eigenvalue weighted by atomic mass is 10.2. The highest BCUT2D eigenvalue weighted by atomic mass is 16.5. The van der Waals surface area contributed by atoms with Crippen molar-refractivity contribution >= 4 is 11.8 Å². The molecule has 2 aromatic carbocycles. The van der Waals surface area contributed by atoms with Crippen molar-refractivity contribution in [3.8, 4) is 17.2 Å². The number of benzene rings is 2. The number of nitrogens with one attached hydrogen (secondary N) is 2. The van der Waals surface area contributed by atoms with Gasteiger partial charge >= 0.3 is 0 Å². The lowest BCUT2D eigenvalue weighted by molar-refractivity contribution is -0.135. The summed E-state index contributed by atoms with van der Waals surface area (Å²) >= 11 is 0. The number of hydrogen-bond donors (Lipinski definition) is 2. The Labute approximate surface area is 165 Å². The monoisotopic (exact) mass is 386 g/mol. The minimum atomic E-state index is -0.800. The van der Waals surface area contributed by atoms with Crippen LogP contribution >= 0.6 is 0 Å². The fourth-order valence-electron chi connectivity index (χ4n) is 2.31. The van der Waals surface area contributed by atoms with E-state index in [4.69, 9.17) is 14.2 Å². The van der Waals surface area contributed by atoms with Gasteiger partial charge < -0.3 is 14.2 Å². The van der Waals surface area contributed by atoms with Gasteiger partial charge in [0.15, 0.2) is 12.2 Å². The second-order valence-corrected chi connectivity index (χ2v) is 6.22. The summed E-state index contributed by atoms with van der Waals surface area (Å²) in [7, 11) is 0. The van der Waals surface area contributed by atoms with Gasteiger partial charge in [0.1, 0.15) is 17.2 Å². The van der Waals surface area contributed by atoms with E-state index in [0.717, 1.165) is 11.3 Å². The maximum absolute atomic E-state index is 12.1. The van der Waals surface area contributed by atoms with E-state index < -0.39 is 24.0 Å². The van der Waals surface area contributed by atoms with Crippen LogP contribution in [0.5, 0.6) is 17.2 Å². The van der Waals surface area contributed by atoms with Crippen LogP contribution < -0.4 is 25.1 Å². The average molecular weight is 386 g/mol. The number of aryl methyl sites for hydroxylation is 1. The van der Waals surface area contributed by atoms with Crippen LogP contribution in [0.2, 0.25) is 0 Å². The molecular weight excluding hydrogens is 360 g/mol. The van der Waals surface area contributed by atoms with Gasteiger partial charge in [-0.3, -0.25) is 20.4 Å². The predicted molar refractivity (Wildman–Crippen MR) is 105 cm³/mol. The Morgan fingerprint density at radius 1 is 0.857 bits per heavy atom. The van der Waals surface area contributed by atoms with Crippen molar-refractivity contribution in [3.05, 3.63) is 54.1 Å². The molecule has 0 aliphatic rings. The van der Waals surface area contributed by atoms with Gasteiger partial charge in [0, 0.05) is 0 Å². The third kappa shape index (κ3) is 6.50. The minimum absolute atomic E-state index is 0.469. The summed E-state index contributed by atoms with van der Waals surface area (Å²) in [6.45, 7) is 7.60. The molecule has 0 fully saturated rings. The number of rotatable bonds is 8. The zero-order chi connectivity index (χ0) is 20.5. The van der Waals surface area contributed by atoms with Crippen LogP contribution in [-0.2, 0) is 9.59 Å². The van der Waals surface area contributed by atoms with Crippen LogP contribution in [0.15, 0.2) is 48.5 Å². The molecule has 0 heterocycles. The summed E-state index contributed by atoms with van der Waals surface area (Å²) in [5.41, 5.74) is 5.72. The minimum Gasteiger partial charge on any atom is -0.494 e. The molecule has 2 aromatic rings. The Balaban J connectivity index is 1.78. The standard InChI is InChI=1S/C21H26N2O5/c1-5-26-17-9-11-18(12-10-17)27-15(3)20(24)22-23-21(25)16(4)28-19-8-6-7-14(2)13-19/h6-13,15-16H,5H2,1-4H3,(H,22,24)(H,23,25). The third-order valence-electron chi connectivity index (χ3n) is 3.80. The summed E-state index contributed by atoms with van der Waals surface area (Å²) in [5, 5.41) is 0. The lowest BCUT2D eigenvalue weighted by Crippen LogP contribution is -2.50. The molecule has 0 aliphatic carbocycles. The normalized spacial score (nSPS) is 12.4. The van der Waals surface area contributed by atoms with E-state index in [0.29, 0.717) is 18.1 Å². The molecule has 7 heteroatoms. The zero-order valence-corrected chi connectivity index (χ0v) is 16.5. The summed E-state index contributed by atoms with van der Waals surface area (Å²) < 4.78 is 16.5. The molecule has 150 valence electrons. The molecule has 0 spiro atoms. The first-order chi connectivity index (χ1) is 13.4. The molecule has 0 aliphatic heterocycles. The van der Waals surface area contributed by atoms with E-state index in [9.17, 15) is 9.59 Å². The Hall–Kier alpha value is -3.22. The fourth-order valence-corrected chi connectivity index (χ4v) is 2.31. The van der Waals surface area contributed by atoms with Gasteiger partial charge in [-0.25, -0.2) is 0 Å². The maximum atomic E-state index is 12.1. The highest BCUT2D eigenvalue weighted by molar-refractivity contribution is 5.86. The quantitative estimate of drug-likeness (QED) is 0.682. The van der Waals surface area contributed by atoms with E-state index in [-0.39, 0.29) is 0 Å². The molecule has 7 nitrogen and oxygen atoms in total. The molecule has 0 bridgehead atoms. The number of carbonyl (C=O) groups excluding carboxylic acids is 2. The second-order valence-electron chi connectivity index (χ2n) is 6.22. The fraction of sp³-hybridized carbons (Fsp3) is 0.333. The Kier molecular flexibility index (Phi) is 7.68. The number of amides is 2. The summed E-state index contributed by atoms with van der Waals surface area (Å²) in [6.07, 6.45) is -1.57. The molecule has 2 rings (SSSR count). The van der Waals surface area contributed by atoms with Crippen LogP contribution in [0.3, 0.4) is 0 Å². The van der Waals surface area contributed by atoms with Gasteiger partial charge in [-0.15, -0.1) is 0 Å². The first-order valence-electron chi connectivity index (χ1n) is 9.11. The topological polar surface area (TPSA) is 85.9 Å². The summed E-state index contributed by atoms with van der Waals surface area (Å²) in [5.74, 6) is 0.879. The molecule has 2 N–H and O–H groups in total. The van der Waals surface area contributed by atoms with Crippen LogP contribution in [0.1, 0.15) is 26.3 Å². The van der Waals surface area contributed by atoms with Crippen LogP contribution in [0, 0.1) is 6.92 Å². The van der Waals surface area contributed by atoms with Crippen LogP contribution in [-0.4, -0.2) is 30.6 Å². The van der Waals surface area contributed by atoms with Crippen LogP contribution in [0.25, 0.3) is 0 Å². The average Bonchev–Trinajstić information content (AvgIpc) is 2.67. The van der Waals surface area contributed by atoms with Crippen molar-refractivity contribution in [2.24, 2.45) is 0 Å². The predicted octanol–water partition coefficient (Wildman–Crippen LogP) is 2.78. The SMILES string of the molecule is CCOc1ccc(OC(C)C(=O)NNC(=O)C(C)Oc2cccc(C)c2)cc1. The number of hydrogen-bond acceptors (Lipinski definition) is 5. The van der Waals surface area contributed by atoms with Crippen LogP contribution in [0.4, 0.5) is 0 Å². The van der Waals surface area contributed by atoms with Crippen molar-refractivity contribution in [2.75, 3.05) is 6.61 Å². The molecular formula is C21H26N2O5. The van der Waals surface area contributed by atoms with Crippen molar-refractivity contribution < 1.29 is 23.8 Å². The number of hydrazine groups is 1. The Morgan fingerprint density at radius 2 is 1.39 bits per heavy atom.